The molecule has 4 aromatic rings. The molecular weight excluding hydrogens is 518 g/mol. The van der Waals surface area contributed by atoms with Gasteiger partial charge >= 0.3 is 0 Å². The summed E-state index contributed by atoms with van der Waals surface area (Å²) in [4.78, 5) is 49.7. The third-order valence-electron chi connectivity index (χ3n) is 7.87. The van der Waals surface area contributed by atoms with Crippen LogP contribution in [0.2, 0.25) is 5.02 Å². The molecular formula is C30H20ClN3O3S. The summed E-state index contributed by atoms with van der Waals surface area (Å²) in [6, 6.07) is 18.3. The predicted molar refractivity (Wildman–Crippen MR) is 148 cm³/mol. The first kappa shape index (κ1) is 23.1. The highest BCUT2D eigenvalue weighted by Gasteiger charge is 2.70. The zero-order valence-electron chi connectivity index (χ0n) is 19.9. The van der Waals surface area contributed by atoms with Crippen LogP contribution < -0.4 is 10.2 Å². The quantitative estimate of drug-likeness (QED) is 0.340. The van der Waals surface area contributed by atoms with E-state index in [4.69, 9.17) is 11.6 Å². The molecule has 2 aromatic carbocycles. The van der Waals surface area contributed by atoms with E-state index in [1.807, 2.05) is 64.9 Å². The molecule has 0 saturated carbocycles. The summed E-state index contributed by atoms with van der Waals surface area (Å²) >= 11 is 7.66. The number of Topliss-reactive ketones (excluding diaryl/α,β-unsaturated/α-hetero) is 2. The van der Waals surface area contributed by atoms with Crippen molar-refractivity contribution in [1.29, 1.82) is 0 Å². The maximum atomic E-state index is 14.5. The molecule has 38 heavy (non-hydrogen) atoms. The van der Waals surface area contributed by atoms with E-state index >= 15 is 0 Å². The van der Waals surface area contributed by atoms with Crippen molar-refractivity contribution in [3.63, 3.8) is 0 Å². The lowest BCUT2D eigenvalue weighted by atomic mass is 9.64. The Morgan fingerprint density at radius 1 is 1.00 bits per heavy atom. The number of pyridine rings is 1. The fourth-order valence-electron chi connectivity index (χ4n) is 6.41. The molecule has 4 atom stereocenters. The van der Waals surface area contributed by atoms with Gasteiger partial charge in [0.15, 0.2) is 11.6 Å². The lowest BCUT2D eigenvalue weighted by molar-refractivity contribution is -0.121. The number of hydrogen-bond donors (Lipinski definition) is 1. The fraction of sp³-hybridized carbons (Fsp3) is 0.133. The number of aromatic nitrogens is 1. The first-order valence-corrected chi connectivity index (χ1v) is 13.5. The summed E-state index contributed by atoms with van der Waals surface area (Å²) in [6.07, 6.45) is 6.98. The molecule has 8 heteroatoms. The van der Waals surface area contributed by atoms with Gasteiger partial charge in [0.25, 0.3) is 0 Å². The lowest BCUT2D eigenvalue weighted by Crippen LogP contribution is -2.51. The largest absolute Gasteiger partial charge is 0.352 e. The van der Waals surface area contributed by atoms with Gasteiger partial charge in [-0.15, -0.1) is 11.3 Å². The molecule has 3 aliphatic heterocycles. The summed E-state index contributed by atoms with van der Waals surface area (Å²) in [5, 5.41) is 5.44. The summed E-state index contributed by atoms with van der Waals surface area (Å²) in [5.74, 6) is -1.75. The topological polar surface area (TPSA) is 79.4 Å². The van der Waals surface area contributed by atoms with Crippen LogP contribution in [-0.2, 0) is 10.2 Å². The maximum Gasteiger partial charge on any atom is 0.238 e. The maximum absolute atomic E-state index is 14.5. The number of halogens is 1. The zero-order chi connectivity index (χ0) is 26.0. The number of nitrogens with zero attached hydrogens (tertiary/aromatic N) is 2. The van der Waals surface area contributed by atoms with E-state index in [0.717, 1.165) is 16.8 Å². The van der Waals surface area contributed by atoms with Crippen molar-refractivity contribution in [2.75, 3.05) is 10.2 Å². The molecule has 0 unspecified atom stereocenters. The van der Waals surface area contributed by atoms with Crippen molar-refractivity contribution in [1.82, 2.24) is 4.98 Å². The van der Waals surface area contributed by atoms with Crippen LogP contribution in [0.4, 0.5) is 11.4 Å². The van der Waals surface area contributed by atoms with Crippen LogP contribution >= 0.6 is 22.9 Å². The Morgan fingerprint density at radius 2 is 1.82 bits per heavy atom. The SMILES string of the molecule is O=C(c1cccs1)[C@@H]1[C@H](C(=O)c2ccncc2)[C@@]2(C(=O)Nc3ccccc32)[C@H]2C=Cc3cc(Cl)ccc3N12. The Balaban J connectivity index is 1.55. The van der Waals surface area contributed by atoms with Crippen LogP contribution in [-0.4, -0.2) is 34.5 Å². The number of para-hydroxylation sites is 1. The van der Waals surface area contributed by atoms with Gasteiger partial charge in [-0.05, 0) is 59.0 Å². The number of carbonyl (C=O) groups is 3. The normalized spacial score (nSPS) is 24.6. The highest BCUT2D eigenvalue weighted by molar-refractivity contribution is 7.12. The van der Waals surface area contributed by atoms with Crippen LogP contribution in [0.5, 0.6) is 0 Å². The Hall–Kier alpha value is -4.07. The standard InChI is InChI=1S/C30H20ClN3O3S/c31-19-8-9-22-18(16-19)7-10-24-30(20-4-1-2-5-21(20)33-29(30)37)25(27(35)17-11-13-32-14-12-17)26(34(22)24)28(36)23-6-3-15-38-23/h1-16,24-26H,(H,33,37)/t24-,25-,26+,30+/m1/s1. The van der Waals surface area contributed by atoms with Gasteiger partial charge in [0.2, 0.25) is 5.91 Å². The highest BCUT2D eigenvalue weighted by atomic mass is 35.5. The second kappa shape index (κ2) is 8.48. The third-order valence-corrected chi connectivity index (χ3v) is 8.99. The molecule has 1 amide bonds. The van der Waals surface area contributed by atoms with Crippen LogP contribution in [0, 0.1) is 5.92 Å². The average molecular weight is 538 g/mol. The van der Waals surface area contributed by atoms with E-state index in [0.29, 0.717) is 21.2 Å². The fourth-order valence-corrected chi connectivity index (χ4v) is 7.29. The highest BCUT2D eigenvalue weighted by Crippen LogP contribution is 2.58. The molecule has 0 aliphatic carbocycles. The predicted octanol–water partition coefficient (Wildman–Crippen LogP) is 5.65. The Labute approximate surface area is 227 Å². The van der Waals surface area contributed by atoms with E-state index < -0.39 is 23.4 Å². The van der Waals surface area contributed by atoms with Gasteiger partial charge in [-0.1, -0.05) is 48.0 Å². The van der Waals surface area contributed by atoms with Crippen molar-refractivity contribution < 1.29 is 14.4 Å². The number of rotatable bonds is 4. The summed E-state index contributed by atoms with van der Waals surface area (Å²) < 4.78 is 0. The van der Waals surface area contributed by atoms with Crippen LogP contribution in [0.15, 0.2) is 90.6 Å². The van der Waals surface area contributed by atoms with Gasteiger partial charge < -0.3 is 10.2 Å². The monoisotopic (exact) mass is 537 g/mol. The molecule has 3 aliphatic rings. The van der Waals surface area contributed by atoms with E-state index in [2.05, 4.69) is 10.3 Å². The summed E-state index contributed by atoms with van der Waals surface area (Å²) in [7, 11) is 0. The third kappa shape index (κ3) is 3.06. The van der Waals surface area contributed by atoms with E-state index in [9.17, 15) is 14.4 Å². The van der Waals surface area contributed by atoms with Crippen LogP contribution in [0.3, 0.4) is 0 Å². The number of carbonyl (C=O) groups excluding carboxylic acids is 3. The molecule has 1 fully saturated rings. The molecule has 1 saturated heterocycles. The number of benzene rings is 2. The molecule has 1 N–H and O–H groups in total. The zero-order valence-corrected chi connectivity index (χ0v) is 21.4. The lowest BCUT2D eigenvalue weighted by Gasteiger charge is -2.37. The van der Waals surface area contributed by atoms with Crippen molar-refractivity contribution in [2.24, 2.45) is 5.92 Å². The number of ketones is 2. The van der Waals surface area contributed by atoms with Gasteiger partial charge in [0.05, 0.1) is 16.8 Å². The Morgan fingerprint density at radius 3 is 2.61 bits per heavy atom. The second-order valence-corrected chi connectivity index (χ2v) is 11.0. The Kier molecular flexibility index (Phi) is 5.15. The smallest absolute Gasteiger partial charge is 0.238 e. The second-order valence-electron chi connectivity index (χ2n) is 9.65. The number of fused-ring (bicyclic) bond motifs is 6. The molecule has 5 heterocycles. The van der Waals surface area contributed by atoms with Gasteiger partial charge in [-0.2, -0.15) is 0 Å². The van der Waals surface area contributed by atoms with E-state index in [-0.39, 0.29) is 17.5 Å². The van der Waals surface area contributed by atoms with Gasteiger partial charge in [-0.25, -0.2) is 0 Å². The van der Waals surface area contributed by atoms with Crippen molar-refractivity contribution in [3.05, 3.63) is 117 Å². The van der Waals surface area contributed by atoms with Gasteiger partial charge in [0.1, 0.15) is 11.5 Å². The number of nitrogens with one attached hydrogen (secondary N) is 1. The molecule has 2 aromatic heterocycles. The summed E-state index contributed by atoms with van der Waals surface area (Å²) in [5.41, 5.74) is 2.05. The van der Waals surface area contributed by atoms with Gasteiger partial charge in [-0.3, -0.25) is 19.4 Å². The molecule has 7 rings (SSSR count). The van der Waals surface area contributed by atoms with E-state index in [1.54, 1.807) is 36.7 Å². The minimum atomic E-state index is -1.33. The first-order valence-electron chi connectivity index (χ1n) is 12.2. The molecule has 1 spiro atoms. The average Bonchev–Trinajstić information content (AvgIpc) is 3.65. The molecule has 186 valence electrons. The van der Waals surface area contributed by atoms with Crippen molar-refractivity contribution in [2.45, 2.75) is 17.5 Å². The molecule has 6 nitrogen and oxygen atoms in total. The Bertz CT molecular complexity index is 1650. The number of amides is 1. The molecule has 0 bridgehead atoms. The van der Waals surface area contributed by atoms with E-state index in [1.165, 1.54) is 11.3 Å². The van der Waals surface area contributed by atoms with Crippen molar-refractivity contribution >= 4 is 57.9 Å². The van der Waals surface area contributed by atoms with Crippen molar-refractivity contribution in [3.8, 4) is 0 Å². The number of thiophene rings is 1. The van der Waals surface area contributed by atoms with Crippen LogP contribution in [0.1, 0.15) is 31.2 Å². The summed E-state index contributed by atoms with van der Waals surface area (Å²) in [6.45, 7) is 0. The number of hydrogen-bond acceptors (Lipinski definition) is 6. The minimum Gasteiger partial charge on any atom is -0.352 e. The minimum absolute atomic E-state index is 0.192. The molecule has 0 radical (unpaired) electrons. The van der Waals surface area contributed by atoms with Gasteiger partial charge in [0, 0.05) is 34.4 Å². The number of anilines is 2. The first-order chi connectivity index (χ1) is 18.5. The van der Waals surface area contributed by atoms with Crippen LogP contribution in [0.25, 0.3) is 6.08 Å².